The summed E-state index contributed by atoms with van der Waals surface area (Å²) in [4.78, 5) is 16.9. The second kappa shape index (κ2) is 3.97. The zero-order valence-electron chi connectivity index (χ0n) is 8.80. The van der Waals surface area contributed by atoms with Gasteiger partial charge in [-0.25, -0.2) is 9.78 Å². The van der Waals surface area contributed by atoms with Gasteiger partial charge < -0.3 is 14.4 Å². The smallest absolute Gasteiger partial charge is 0.338 e. The van der Waals surface area contributed by atoms with E-state index in [9.17, 15) is 4.79 Å². The third kappa shape index (κ3) is 1.92. The molecule has 0 amide bonds. The van der Waals surface area contributed by atoms with Crippen molar-refractivity contribution in [2.75, 3.05) is 19.0 Å². The SMILES string of the molecule is CN(C)c1nc(-c2cc(C(=O)O)co2)cs1. The molecule has 0 radical (unpaired) electrons. The molecule has 2 rings (SSSR count). The zero-order chi connectivity index (χ0) is 11.7. The number of nitrogens with zero attached hydrogens (tertiary/aromatic N) is 2. The Morgan fingerprint density at radius 1 is 1.56 bits per heavy atom. The predicted molar refractivity (Wildman–Crippen MR) is 61.1 cm³/mol. The van der Waals surface area contributed by atoms with Crippen LogP contribution in [0.2, 0.25) is 0 Å². The molecule has 0 aromatic carbocycles. The Labute approximate surface area is 96.0 Å². The maximum atomic E-state index is 10.7. The van der Waals surface area contributed by atoms with E-state index in [0.29, 0.717) is 11.5 Å². The van der Waals surface area contributed by atoms with Crippen molar-refractivity contribution in [3.63, 3.8) is 0 Å². The van der Waals surface area contributed by atoms with Crippen molar-refractivity contribution < 1.29 is 14.3 Å². The monoisotopic (exact) mass is 238 g/mol. The van der Waals surface area contributed by atoms with Crippen molar-refractivity contribution in [2.45, 2.75) is 0 Å². The Morgan fingerprint density at radius 2 is 2.31 bits per heavy atom. The molecule has 0 aliphatic heterocycles. The van der Waals surface area contributed by atoms with Crippen LogP contribution in [0, 0.1) is 0 Å². The minimum Gasteiger partial charge on any atom is -0.478 e. The molecule has 6 heteroatoms. The average molecular weight is 238 g/mol. The molecule has 0 saturated heterocycles. The highest BCUT2D eigenvalue weighted by Gasteiger charge is 2.12. The number of hydrogen-bond acceptors (Lipinski definition) is 5. The zero-order valence-corrected chi connectivity index (χ0v) is 9.61. The van der Waals surface area contributed by atoms with E-state index < -0.39 is 5.97 Å². The Bertz CT molecular complexity index is 516. The number of rotatable bonds is 3. The highest BCUT2D eigenvalue weighted by atomic mass is 32.1. The number of aromatic carboxylic acids is 1. The number of aromatic nitrogens is 1. The van der Waals surface area contributed by atoms with Gasteiger partial charge in [-0.2, -0.15) is 0 Å². The first kappa shape index (κ1) is 10.7. The summed E-state index contributed by atoms with van der Waals surface area (Å²) in [5.41, 5.74) is 0.788. The number of thiazole rings is 1. The number of carboxylic acids is 1. The third-order valence-electron chi connectivity index (χ3n) is 1.97. The highest BCUT2D eigenvalue weighted by molar-refractivity contribution is 7.14. The Morgan fingerprint density at radius 3 is 2.81 bits per heavy atom. The average Bonchev–Trinajstić information content (AvgIpc) is 2.86. The minimum absolute atomic E-state index is 0.134. The van der Waals surface area contributed by atoms with E-state index in [1.54, 1.807) is 0 Å². The van der Waals surface area contributed by atoms with Gasteiger partial charge in [0.25, 0.3) is 0 Å². The van der Waals surface area contributed by atoms with E-state index in [4.69, 9.17) is 9.52 Å². The summed E-state index contributed by atoms with van der Waals surface area (Å²) >= 11 is 1.48. The lowest BCUT2D eigenvalue weighted by molar-refractivity contribution is 0.0696. The molecule has 1 N–H and O–H groups in total. The predicted octanol–water partition coefficient (Wildman–Crippen LogP) is 2.17. The Kier molecular flexibility index (Phi) is 2.66. The van der Waals surface area contributed by atoms with Crippen molar-refractivity contribution in [2.24, 2.45) is 0 Å². The minimum atomic E-state index is -1.00. The maximum absolute atomic E-state index is 10.7. The maximum Gasteiger partial charge on any atom is 0.338 e. The summed E-state index contributed by atoms with van der Waals surface area (Å²) in [5, 5.41) is 11.4. The number of anilines is 1. The standard InChI is InChI=1S/C10H10N2O3S/c1-12(2)10-11-7(5-16-10)8-3-6(4-15-8)9(13)14/h3-5H,1-2H3,(H,13,14). The summed E-state index contributed by atoms with van der Waals surface area (Å²) in [7, 11) is 3.79. The molecule has 0 atom stereocenters. The molecule has 0 unspecified atom stereocenters. The fourth-order valence-electron chi connectivity index (χ4n) is 1.17. The molecular weight excluding hydrogens is 228 g/mol. The van der Waals surface area contributed by atoms with Crippen molar-refractivity contribution >= 4 is 22.4 Å². The lowest BCUT2D eigenvalue weighted by Crippen LogP contribution is -2.07. The molecule has 0 saturated carbocycles. The van der Waals surface area contributed by atoms with E-state index in [1.807, 2.05) is 24.4 Å². The molecule has 2 heterocycles. The van der Waals surface area contributed by atoms with Gasteiger partial charge in [0.2, 0.25) is 0 Å². The van der Waals surface area contributed by atoms with Gasteiger partial charge in [-0.1, -0.05) is 0 Å². The number of furan rings is 1. The number of hydrogen-bond donors (Lipinski definition) is 1. The van der Waals surface area contributed by atoms with Gasteiger partial charge in [0, 0.05) is 25.5 Å². The van der Waals surface area contributed by atoms with Gasteiger partial charge >= 0.3 is 5.97 Å². The second-order valence-electron chi connectivity index (χ2n) is 3.41. The second-order valence-corrected chi connectivity index (χ2v) is 4.25. The van der Waals surface area contributed by atoms with E-state index in [0.717, 1.165) is 5.13 Å². The van der Waals surface area contributed by atoms with Gasteiger partial charge in [-0.05, 0) is 0 Å². The van der Waals surface area contributed by atoms with Crippen LogP contribution in [-0.2, 0) is 0 Å². The van der Waals surface area contributed by atoms with Crippen LogP contribution in [-0.4, -0.2) is 30.2 Å². The van der Waals surface area contributed by atoms with Crippen molar-refractivity contribution in [3.05, 3.63) is 23.3 Å². The molecular formula is C10H10N2O3S. The lowest BCUT2D eigenvalue weighted by atomic mass is 10.3. The van der Waals surface area contributed by atoms with E-state index >= 15 is 0 Å². The van der Waals surface area contributed by atoms with Crippen LogP contribution < -0.4 is 4.90 Å². The van der Waals surface area contributed by atoms with Gasteiger partial charge in [-0.15, -0.1) is 11.3 Å². The summed E-state index contributed by atoms with van der Waals surface area (Å²) in [6, 6.07) is 1.47. The van der Waals surface area contributed by atoms with Crippen LogP contribution in [0.4, 0.5) is 5.13 Å². The number of carbonyl (C=O) groups is 1. The van der Waals surface area contributed by atoms with Crippen molar-refractivity contribution in [1.82, 2.24) is 4.98 Å². The largest absolute Gasteiger partial charge is 0.478 e. The molecule has 0 fully saturated rings. The third-order valence-corrected chi connectivity index (χ3v) is 2.98. The molecule has 0 spiro atoms. The van der Waals surface area contributed by atoms with Crippen LogP contribution in [0.15, 0.2) is 22.1 Å². The lowest BCUT2D eigenvalue weighted by Gasteiger charge is -2.04. The first-order valence-corrected chi connectivity index (χ1v) is 5.41. The van der Waals surface area contributed by atoms with Crippen LogP contribution in [0.5, 0.6) is 0 Å². The molecule has 5 nitrogen and oxygen atoms in total. The van der Waals surface area contributed by atoms with Gasteiger partial charge in [0.05, 0.1) is 5.56 Å². The fraction of sp³-hybridized carbons (Fsp3) is 0.200. The molecule has 0 aliphatic carbocycles. The van der Waals surface area contributed by atoms with Crippen LogP contribution in [0.25, 0.3) is 11.5 Å². The summed E-state index contributed by atoms with van der Waals surface area (Å²) in [5.74, 6) is -0.528. The number of carboxylic acid groups (broad SMARTS) is 1. The molecule has 16 heavy (non-hydrogen) atoms. The molecule has 2 aromatic heterocycles. The van der Waals surface area contributed by atoms with Crippen molar-refractivity contribution in [1.29, 1.82) is 0 Å². The topological polar surface area (TPSA) is 66.6 Å². The normalized spacial score (nSPS) is 10.4. The van der Waals surface area contributed by atoms with Crippen LogP contribution in [0.1, 0.15) is 10.4 Å². The van der Waals surface area contributed by atoms with Gasteiger partial charge in [0.15, 0.2) is 10.9 Å². The van der Waals surface area contributed by atoms with Crippen LogP contribution in [0.3, 0.4) is 0 Å². The first-order valence-electron chi connectivity index (χ1n) is 4.53. The highest BCUT2D eigenvalue weighted by Crippen LogP contribution is 2.27. The van der Waals surface area contributed by atoms with E-state index in [-0.39, 0.29) is 5.56 Å². The molecule has 0 bridgehead atoms. The molecule has 84 valence electrons. The van der Waals surface area contributed by atoms with E-state index in [2.05, 4.69) is 4.98 Å². The van der Waals surface area contributed by atoms with Gasteiger partial charge in [-0.3, -0.25) is 0 Å². The Hall–Kier alpha value is -1.82. The quantitative estimate of drug-likeness (QED) is 0.887. The first-order chi connectivity index (χ1) is 7.58. The molecule has 0 aliphatic rings. The van der Waals surface area contributed by atoms with Crippen molar-refractivity contribution in [3.8, 4) is 11.5 Å². The summed E-state index contributed by atoms with van der Waals surface area (Å²) < 4.78 is 5.15. The summed E-state index contributed by atoms with van der Waals surface area (Å²) in [6.45, 7) is 0. The van der Waals surface area contributed by atoms with Gasteiger partial charge in [0.1, 0.15) is 12.0 Å². The fourth-order valence-corrected chi connectivity index (χ4v) is 1.91. The van der Waals surface area contributed by atoms with Crippen LogP contribution >= 0.6 is 11.3 Å². The van der Waals surface area contributed by atoms with E-state index in [1.165, 1.54) is 23.7 Å². The molecule has 2 aromatic rings. The Balaban J connectivity index is 2.31. The summed E-state index contributed by atoms with van der Waals surface area (Å²) in [6.07, 6.45) is 1.21.